The molecule has 2 atom stereocenters. The van der Waals surface area contributed by atoms with E-state index in [1.165, 1.54) is 0 Å². The van der Waals surface area contributed by atoms with Gasteiger partial charge in [0.2, 0.25) is 5.91 Å². The Hall–Kier alpha value is -2.24. The predicted octanol–water partition coefficient (Wildman–Crippen LogP) is 6.02. The number of amides is 2. The van der Waals surface area contributed by atoms with Gasteiger partial charge < -0.3 is 15.0 Å². The number of aryl methyl sites for hydroxylation is 2. The van der Waals surface area contributed by atoms with Crippen molar-refractivity contribution < 1.29 is 14.3 Å². The SMILES string of the molecule is CC[C@H](C)NC(=O)[C@H](CC)N(Cc1ccc(Cl)c(Cl)c1)C(=O)COc1cc(C)cc(C)c1C. The van der Waals surface area contributed by atoms with E-state index >= 15 is 0 Å². The van der Waals surface area contributed by atoms with Gasteiger partial charge in [-0.1, -0.05) is 49.2 Å². The molecular formula is C26H34Cl2N2O3. The van der Waals surface area contributed by atoms with Gasteiger partial charge in [-0.3, -0.25) is 9.59 Å². The summed E-state index contributed by atoms with van der Waals surface area (Å²) < 4.78 is 5.93. The smallest absolute Gasteiger partial charge is 0.261 e. The van der Waals surface area contributed by atoms with Gasteiger partial charge >= 0.3 is 0 Å². The number of hydrogen-bond donors (Lipinski definition) is 1. The lowest BCUT2D eigenvalue weighted by Gasteiger charge is -2.31. The van der Waals surface area contributed by atoms with Crippen molar-refractivity contribution in [2.45, 2.75) is 73.0 Å². The van der Waals surface area contributed by atoms with Crippen molar-refractivity contribution in [3.8, 4) is 5.75 Å². The maximum Gasteiger partial charge on any atom is 0.261 e. The maximum absolute atomic E-state index is 13.4. The van der Waals surface area contributed by atoms with Gasteiger partial charge in [-0.2, -0.15) is 0 Å². The van der Waals surface area contributed by atoms with E-state index in [4.69, 9.17) is 27.9 Å². The molecule has 0 aliphatic carbocycles. The molecule has 0 unspecified atom stereocenters. The van der Waals surface area contributed by atoms with E-state index in [0.29, 0.717) is 22.2 Å². The van der Waals surface area contributed by atoms with E-state index in [0.717, 1.165) is 28.7 Å². The van der Waals surface area contributed by atoms with E-state index in [-0.39, 0.29) is 31.0 Å². The van der Waals surface area contributed by atoms with Crippen LogP contribution in [-0.4, -0.2) is 35.4 Å². The number of halogens is 2. The van der Waals surface area contributed by atoms with Crippen LogP contribution in [-0.2, 0) is 16.1 Å². The standard InChI is InChI=1S/C26H34Cl2N2O3/c1-7-18(5)29-26(32)23(8-2)30(14-20-9-10-21(27)22(28)13-20)25(31)15-33-24-12-16(3)11-17(4)19(24)6/h9-13,18,23H,7-8,14-15H2,1-6H3,(H,29,32)/t18-,23-/m0/s1. The fourth-order valence-electron chi connectivity index (χ4n) is 3.57. The Morgan fingerprint density at radius 3 is 2.33 bits per heavy atom. The Morgan fingerprint density at radius 1 is 1.03 bits per heavy atom. The van der Waals surface area contributed by atoms with Crippen LogP contribution in [0.2, 0.25) is 10.0 Å². The van der Waals surface area contributed by atoms with Gasteiger partial charge in [0.1, 0.15) is 11.8 Å². The molecule has 33 heavy (non-hydrogen) atoms. The molecule has 2 aromatic carbocycles. The zero-order valence-corrected chi connectivity index (χ0v) is 21.8. The van der Waals surface area contributed by atoms with Gasteiger partial charge in [0.05, 0.1) is 10.0 Å². The van der Waals surface area contributed by atoms with Crippen LogP contribution in [0, 0.1) is 20.8 Å². The Morgan fingerprint density at radius 2 is 1.73 bits per heavy atom. The second kappa shape index (κ2) is 12.3. The van der Waals surface area contributed by atoms with E-state index in [1.54, 1.807) is 17.0 Å². The summed E-state index contributed by atoms with van der Waals surface area (Å²) in [6.45, 7) is 11.9. The summed E-state index contributed by atoms with van der Waals surface area (Å²) in [5, 5.41) is 3.84. The number of nitrogens with zero attached hydrogens (tertiary/aromatic N) is 1. The van der Waals surface area contributed by atoms with Gasteiger partial charge in [0.15, 0.2) is 6.61 Å². The van der Waals surface area contributed by atoms with Crippen molar-refractivity contribution in [2.75, 3.05) is 6.61 Å². The van der Waals surface area contributed by atoms with Crippen LogP contribution in [0.4, 0.5) is 0 Å². The lowest BCUT2D eigenvalue weighted by molar-refractivity contribution is -0.143. The minimum absolute atomic E-state index is 0.0163. The molecular weight excluding hydrogens is 459 g/mol. The highest BCUT2D eigenvalue weighted by molar-refractivity contribution is 6.42. The third-order valence-electron chi connectivity index (χ3n) is 5.84. The van der Waals surface area contributed by atoms with E-state index in [9.17, 15) is 9.59 Å². The normalized spacial score (nSPS) is 12.7. The molecule has 0 bridgehead atoms. The molecule has 5 nitrogen and oxygen atoms in total. The third-order valence-corrected chi connectivity index (χ3v) is 6.58. The van der Waals surface area contributed by atoms with Crippen LogP contribution in [0.25, 0.3) is 0 Å². The van der Waals surface area contributed by atoms with Crippen molar-refractivity contribution in [1.29, 1.82) is 0 Å². The first-order valence-electron chi connectivity index (χ1n) is 11.3. The predicted molar refractivity (Wildman–Crippen MR) is 135 cm³/mol. The first-order valence-corrected chi connectivity index (χ1v) is 12.1. The number of nitrogens with one attached hydrogen (secondary N) is 1. The summed E-state index contributed by atoms with van der Waals surface area (Å²) in [4.78, 5) is 28.0. The molecule has 2 aromatic rings. The number of hydrogen-bond acceptors (Lipinski definition) is 3. The van der Waals surface area contributed by atoms with Crippen molar-refractivity contribution in [3.63, 3.8) is 0 Å². The fourth-order valence-corrected chi connectivity index (χ4v) is 3.89. The number of carbonyl (C=O) groups is 2. The summed E-state index contributed by atoms with van der Waals surface area (Å²) >= 11 is 12.2. The summed E-state index contributed by atoms with van der Waals surface area (Å²) in [5.41, 5.74) is 3.94. The van der Waals surface area contributed by atoms with Crippen molar-refractivity contribution >= 4 is 35.0 Å². The summed E-state index contributed by atoms with van der Waals surface area (Å²) in [7, 11) is 0. The highest BCUT2D eigenvalue weighted by Crippen LogP contribution is 2.25. The molecule has 0 saturated heterocycles. The lowest BCUT2D eigenvalue weighted by atomic mass is 10.1. The molecule has 2 amide bonds. The fraction of sp³-hybridized carbons (Fsp3) is 0.462. The van der Waals surface area contributed by atoms with Gasteiger partial charge in [0, 0.05) is 12.6 Å². The van der Waals surface area contributed by atoms with Gasteiger partial charge in [-0.25, -0.2) is 0 Å². The number of ether oxygens (including phenoxy) is 1. The van der Waals surface area contributed by atoms with E-state index in [1.807, 2.05) is 53.7 Å². The first-order chi connectivity index (χ1) is 15.6. The van der Waals surface area contributed by atoms with Crippen LogP contribution in [0.5, 0.6) is 5.75 Å². The highest BCUT2D eigenvalue weighted by Gasteiger charge is 2.29. The van der Waals surface area contributed by atoms with Crippen LogP contribution in [0.15, 0.2) is 30.3 Å². The Kier molecular flexibility index (Phi) is 10.1. The molecule has 2 rings (SSSR count). The largest absolute Gasteiger partial charge is 0.483 e. The molecule has 0 fully saturated rings. The summed E-state index contributed by atoms with van der Waals surface area (Å²) in [5.74, 6) is 0.223. The van der Waals surface area contributed by atoms with Crippen LogP contribution in [0.3, 0.4) is 0 Å². The molecule has 0 spiro atoms. The Labute approximate surface area is 207 Å². The average Bonchev–Trinajstić information content (AvgIpc) is 2.77. The second-order valence-electron chi connectivity index (χ2n) is 8.51. The highest BCUT2D eigenvalue weighted by atomic mass is 35.5. The van der Waals surface area contributed by atoms with Gasteiger partial charge in [-0.15, -0.1) is 0 Å². The van der Waals surface area contributed by atoms with Gasteiger partial charge in [0.25, 0.3) is 5.91 Å². The summed E-state index contributed by atoms with van der Waals surface area (Å²) in [6, 6.07) is 8.60. The molecule has 0 saturated carbocycles. The molecule has 0 aromatic heterocycles. The quantitative estimate of drug-likeness (QED) is 0.440. The van der Waals surface area contributed by atoms with Crippen LogP contribution < -0.4 is 10.1 Å². The van der Waals surface area contributed by atoms with Crippen molar-refractivity contribution in [1.82, 2.24) is 10.2 Å². The molecule has 7 heteroatoms. The molecule has 1 N–H and O–H groups in total. The van der Waals surface area contributed by atoms with E-state index < -0.39 is 6.04 Å². The van der Waals surface area contributed by atoms with Crippen LogP contribution >= 0.6 is 23.2 Å². The molecule has 0 radical (unpaired) electrons. The Balaban J connectivity index is 2.30. The van der Waals surface area contributed by atoms with Gasteiger partial charge in [-0.05, 0) is 81.0 Å². The number of benzene rings is 2. The first kappa shape index (κ1) is 27.0. The number of carbonyl (C=O) groups excluding carboxylic acids is 2. The minimum Gasteiger partial charge on any atom is -0.483 e. The van der Waals surface area contributed by atoms with Crippen molar-refractivity contribution in [3.05, 3.63) is 62.6 Å². The monoisotopic (exact) mass is 492 g/mol. The molecule has 180 valence electrons. The zero-order chi connectivity index (χ0) is 24.7. The summed E-state index contributed by atoms with van der Waals surface area (Å²) in [6.07, 6.45) is 1.27. The minimum atomic E-state index is -0.634. The van der Waals surface area contributed by atoms with Crippen molar-refractivity contribution in [2.24, 2.45) is 0 Å². The second-order valence-corrected chi connectivity index (χ2v) is 9.32. The molecule has 0 aliphatic rings. The maximum atomic E-state index is 13.4. The number of rotatable bonds is 10. The average molecular weight is 493 g/mol. The topological polar surface area (TPSA) is 58.6 Å². The lowest BCUT2D eigenvalue weighted by Crippen LogP contribution is -2.51. The molecule has 0 heterocycles. The van der Waals surface area contributed by atoms with E-state index in [2.05, 4.69) is 11.4 Å². The molecule has 0 aliphatic heterocycles. The Bertz CT molecular complexity index is 994. The zero-order valence-electron chi connectivity index (χ0n) is 20.3. The third kappa shape index (κ3) is 7.38. The van der Waals surface area contributed by atoms with Crippen LogP contribution in [0.1, 0.15) is 55.9 Å².